The largest absolute Gasteiger partial charge is 0.454 e. The molecule has 0 saturated carbocycles. The SMILES string of the molecule is Cc1cc(C)c(-c2ccc3c(c2)B2c4c(cc5c(oc6ccccc65)c4N3c3cc(C(C)(C)C)cc(C(C)(C)C)c3)-c3cccc4c5ccccc5n2c34)c(C)c1. The Balaban J connectivity index is 1.35. The summed E-state index contributed by atoms with van der Waals surface area (Å²) in [6.07, 6.45) is 0. The number of rotatable bonds is 2. The van der Waals surface area contributed by atoms with Gasteiger partial charge in [0.15, 0.2) is 5.58 Å². The smallest absolute Gasteiger partial charge is 0.333 e. The number of para-hydroxylation sites is 3. The van der Waals surface area contributed by atoms with Gasteiger partial charge in [0.25, 0.3) is 0 Å². The van der Waals surface area contributed by atoms with E-state index in [1.807, 2.05) is 0 Å². The van der Waals surface area contributed by atoms with Crippen LogP contribution in [0.25, 0.3) is 66.0 Å². The molecule has 0 spiro atoms. The molecular weight excluding hydrogens is 691 g/mol. The molecule has 7 aromatic carbocycles. The van der Waals surface area contributed by atoms with E-state index < -0.39 is 0 Å². The van der Waals surface area contributed by atoms with Crippen molar-refractivity contribution < 1.29 is 4.42 Å². The Bertz CT molecular complexity index is 3140. The molecule has 11 rings (SSSR count). The molecule has 4 heterocycles. The summed E-state index contributed by atoms with van der Waals surface area (Å²) in [5.74, 6) is 0. The molecule has 0 unspecified atom stereocenters. The number of aryl methyl sites for hydroxylation is 3. The first kappa shape index (κ1) is 34.3. The Morgan fingerprint density at radius 2 is 1.25 bits per heavy atom. The number of hydrogen-bond acceptors (Lipinski definition) is 2. The average Bonchev–Trinajstić information content (AvgIpc) is 3.71. The molecule has 0 atom stereocenters. The van der Waals surface area contributed by atoms with Crippen LogP contribution in [0.1, 0.15) is 69.4 Å². The zero-order valence-electron chi connectivity index (χ0n) is 34.4. The third-order valence-electron chi connectivity index (χ3n) is 12.9. The van der Waals surface area contributed by atoms with Crippen molar-refractivity contribution in [1.82, 2.24) is 4.48 Å². The Labute approximate surface area is 335 Å². The number of benzene rings is 7. The first-order chi connectivity index (χ1) is 27.3. The van der Waals surface area contributed by atoms with Gasteiger partial charge in [0, 0.05) is 49.5 Å². The van der Waals surface area contributed by atoms with E-state index in [0.717, 1.165) is 27.6 Å². The van der Waals surface area contributed by atoms with Crippen molar-refractivity contribution in [2.75, 3.05) is 4.90 Å². The summed E-state index contributed by atoms with van der Waals surface area (Å²) in [5.41, 5.74) is 22.1. The van der Waals surface area contributed by atoms with Crippen molar-refractivity contribution >= 4 is 78.6 Å². The van der Waals surface area contributed by atoms with Gasteiger partial charge in [-0.15, -0.1) is 0 Å². The first-order valence-electron chi connectivity index (χ1n) is 20.5. The zero-order valence-corrected chi connectivity index (χ0v) is 34.4. The fraction of sp³-hybridized carbons (Fsp3) is 0.208. The van der Waals surface area contributed by atoms with Gasteiger partial charge in [-0.2, -0.15) is 0 Å². The predicted molar refractivity (Wildman–Crippen MR) is 244 cm³/mol. The second kappa shape index (κ2) is 11.5. The molecule has 0 bridgehead atoms. The zero-order chi connectivity index (χ0) is 39.3. The lowest BCUT2D eigenvalue weighted by atomic mass is 9.44. The van der Waals surface area contributed by atoms with Crippen LogP contribution in [-0.4, -0.2) is 11.3 Å². The Hall–Kier alpha value is -6.00. The topological polar surface area (TPSA) is 21.3 Å². The fourth-order valence-electron chi connectivity index (χ4n) is 10.3. The number of nitrogens with zero attached hydrogens (tertiary/aromatic N) is 2. The van der Waals surface area contributed by atoms with Gasteiger partial charge in [-0.3, -0.25) is 0 Å². The molecule has 0 amide bonds. The van der Waals surface area contributed by atoms with E-state index in [1.165, 1.54) is 94.2 Å². The normalized spacial score (nSPS) is 13.6. The van der Waals surface area contributed by atoms with Crippen LogP contribution < -0.4 is 15.8 Å². The van der Waals surface area contributed by atoms with Crippen molar-refractivity contribution in [2.45, 2.75) is 73.1 Å². The summed E-state index contributed by atoms with van der Waals surface area (Å²) in [6.45, 7) is 20.6. The van der Waals surface area contributed by atoms with Gasteiger partial charge >= 0.3 is 6.85 Å². The van der Waals surface area contributed by atoms with Gasteiger partial charge in [0.05, 0.1) is 5.69 Å². The second-order valence-electron chi connectivity index (χ2n) is 18.8. The van der Waals surface area contributed by atoms with Crippen LogP contribution in [0.5, 0.6) is 0 Å². The monoisotopic (exact) mass is 738 g/mol. The van der Waals surface area contributed by atoms with E-state index in [4.69, 9.17) is 4.42 Å². The summed E-state index contributed by atoms with van der Waals surface area (Å²) >= 11 is 0. The average molecular weight is 739 g/mol. The molecule has 0 saturated heterocycles. The molecule has 0 radical (unpaired) electrons. The van der Waals surface area contributed by atoms with Gasteiger partial charge in [-0.25, -0.2) is 0 Å². The minimum Gasteiger partial charge on any atom is -0.454 e. The summed E-state index contributed by atoms with van der Waals surface area (Å²) in [6, 6.07) is 46.1. The quantitative estimate of drug-likeness (QED) is 0.165. The fourth-order valence-corrected chi connectivity index (χ4v) is 10.3. The Morgan fingerprint density at radius 3 is 1.96 bits per heavy atom. The standard InChI is InChI=1S/C53H47BN2O/c1-30-23-31(2)47(32(3)24-30)33-21-22-45-43(25-33)54-48-41(40-18-14-17-39-37-15-10-12-19-44(37)56(54)49(39)40)29-42-38-16-11-13-20-46(38)57-51(42)50(48)55(45)36-27-34(52(4,5)6)26-35(28-36)53(7,8)9/h10-29H,1-9H3. The third-order valence-corrected chi connectivity index (χ3v) is 12.9. The van der Waals surface area contributed by atoms with E-state index in [9.17, 15) is 0 Å². The van der Waals surface area contributed by atoms with Gasteiger partial charge < -0.3 is 13.8 Å². The summed E-state index contributed by atoms with van der Waals surface area (Å²) in [5, 5.41) is 4.88. The number of anilines is 3. The number of fused-ring (bicyclic) bond motifs is 11. The van der Waals surface area contributed by atoms with E-state index in [-0.39, 0.29) is 17.7 Å². The highest BCUT2D eigenvalue weighted by atomic mass is 16.3. The van der Waals surface area contributed by atoms with Crippen LogP contribution in [0.2, 0.25) is 0 Å². The van der Waals surface area contributed by atoms with Crippen LogP contribution in [0.15, 0.2) is 126 Å². The van der Waals surface area contributed by atoms with E-state index >= 15 is 0 Å². The molecule has 9 aromatic rings. The van der Waals surface area contributed by atoms with E-state index in [2.05, 4.69) is 193 Å². The van der Waals surface area contributed by atoms with Crippen molar-refractivity contribution in [1.29, 1.82) is 0 Å². The lowest BCUT2D eigenvalue weighted by molar-refractivity contribution is 0.569. The van der Waals surface area contributed by atoms with Crippen molar-refractivity contribution in [3.05, 3.63) is 149 Å². The highest BCUT2D eigenvalue weighted by Crippen LogP contribution is 2.50. The van der Waals surface area contributed by atoms with Gasteiger partial charge in [-0.05, 0) is 118 Å². The van der Waals surface area contributed by atoms with E-state index in [1.54, 1.807) is 0 Å². The second-order valence-corrected chi connectivity index (χ2v) is 18.8. The first-order valence-corrected chi connectivity index (χ1v) is 20.5. The van der Waals surface area contributed by atoms with Gasteiger partial charge in [0.1, 0.15) is 5.58 Å². The Morgan fingerprint density at radius 1 is 0.579 bits per heavy atom. The van der Waals surface area contributed by atoms with Crippen molar-refractivity contribution in [3.63, 3.8) is 0 Å². The highest BCUT2D eigenvalue weighted by molar-refractivity contribution is 6.90. The maximum absolute atomic E-state index is 7.10. The minimum atomic E-state index is -0.0879. The molecule has 0 aliphatic carbocycles. The van der Waals surface area contributed by atoms with Crippen LogP contribution >= 0.6 is 0 Å². The lowest BCUT2D eigenvalue weighted by Gasteiger charge is -2.41. The summed E-state index contributed by atoms with van der Waals surface area (Å²) in [4.78, 5) is 2.56. The van der Waals surface area contributed by atoms with E-state index in [0.29, 0.717) is 0 Å². The van der Waals surface area contributed by atoms with Crippen LogP contribution in [0.3, 0.4) is 0 Å². The molecule has 2 aliphatic rings. The van der Waals surface area contributed by atoms with Gasteiger partial charge in [0.2, 0.25) is 0 Å². The van der Waals surface area contributed by atoms with Crippen molar-refractivity contribution in [3.8, 4) is 22.3 Å². The van der Waals surface area contributed by atoms with Crippen LogP contribution in [0.4, 0.5) is 17.1 Å². The maximum Gasteiger partial charge on any atom is 0.333 e. The number of hydrogen-bond donors (Lipinski definition) is 0. The molecule has 2 aromatic heterocycles. The van der Waals surface area contributed by atoms with Gasteiger partial charge in [-0.1, -0.05) is 132 Å². The number of furan rings is 1. The molecule has 278 valence electrons. The highest BCUT2D eigenvalue weighted by Gasteiger charge is 2.45. The Kier molecular flexibility index (Phi) is 6.94. The van der Waals surface area contributed by atoms with Crippen LogP contribution in [-0.2, 0) is 10.8 Å². The molecular formula is C53H47BN2O. The third kappa shape index (κ3) is 4.80. The summed E-state index contributed by atoms with van der Waals surface area (Å²) in [7, 11) is 0. The lowest BCUT2D eigenvalue weighted by Crippen LogP contribution is -2.56. The molecule has 57 heavy (non-hydrogen) atoms. The molecule has 3 nitrogen and oxygen atoms in total. The minimum absolute atomic E-state index is 0.0546. The molecule has 0 fully saturated rings. The predicted octanol–water partition coefficient (Wildman–Crippen LogP) is 13.3. The number of aromatic nitrogens is 1. The van der Waals surface area contributed by atoms with Crippen molar-refractivity contribution in [2.24, 2.45) is 0 Å². The van der Waals surface area contributed by atoms with Crippen LogP contribution in [0, 0.1) is 20.8 Å². The molecule has 4 heteroatoms. The maximum atomic E-state index is 7.10. The summed E-state index contributed by atoms with van der Waals surface area (Å²) < 4.78 is 9.75. The molecule has 2 aliphatic heterocycles. The molecule has 0 N–H and O–H groups in total.